The van der Waals surface area contributed by atoms with Gasteiger partial charge in [0.15, 0.2) is 23.2 Å². The Balaban J connectivity index is 1.87. The molecule has 0 fully saturated rings. The Morgan fingerprint density at radius 1 is 1.28 bits per heavy atom. The number of nitrogens with zero attached hydrogens (tertiary/aromatic N) is 3. The van der Waals surface area contributed by atoms with Crippen LogP contribution in [0.5, 0.6) is 5.75 Å². The highest BCUT2D eigenvalue weighted by atomic mass is 35.5. The Morgan fingerprint density at radius 3 is 2.80 bits per heavy atom. The smallest absolute Gasteiger partial charge is 0.193 e. The number of phenolic OH excluding ortho intramolecular Hbond substituents is 1. The minimum absolute atomic E-state index is 0.0163. The standard InChI is InChI=1S/C17H12ClF2N3O2/c1-9-2-3-11(18)6-10(9)7-15(24)13-8-23(22-21-13)14-5-4-12(19)17(25)16(14)20/h2-6,8,25H,7H2,1H3. The number of benzene rings is 2. The molecule has 0 bridgehead atoms. The number of ketones is 1. The molecule has 0 saturated heterocycles. The summed E-state index contributed by atoms with van der Waals surface area (Å²) in [4.78, 5) is 12.4. The highest BCUT2D eigenvalue weighted by Gasteiger charge is 2.18. The fraction of sp³-hybridized carbons (Fsp3) is 0.118. The molecule has 0 aliphatic rings. The molecule has 0 unspecified atom stereocenters. The maximum absolute atomic E-state index is 13.9. The van der Waals surface area contributed by atoms with E-state index in [1.165, 1.54) is 6.20 Å². The highest BCUT2D eigenvalue weighted by molar-refractivity contribution is 6.30. The van der Waals surface area contributed by atoms with Crippen LogP contribution in [0.4, 0.5) is 8.78 Å². The maximum Gasteiger partial charge on any atom is 0.193 e. The second-order valence-electron chi connectivity index (χ2n) is 5.45. The molecular formula is C17H12ClF2N3O2. The van der Waals surface area contributed by atoms with Crippen LogP contribution < -0.4 is 0 Å². The molecule has 5 nitrogen and oxygen atoms in total. The van der Waals surface area contributed by atoms with Gasteiger partial charge in [0.2, 0.25) is 0 Å². The van der Waals surface area contributed by atoms with Gasteiger partial charge in [-0.3, -0.25) is 4.79 Å². The number of aromatic nitrogens is 3. The molecule has 3 rings (SSSR count). The van der Waals surface area contributed by atoms with Crippen molar-refractivity contribution in [3.63, 3.8) is 0 Å². The number of Topliss-reactive ketones (excluding diaryl/α,β-unsaturated/α-hetero) is 1. The van der Waals surface area contributed by atoms with Crippen molar-refractivity contribution >= 4 is 17.4 Å². The fourth-order valence-electron chi connectivity index (χ4n) is 2.31. The molecule has 0 saturated carbocycles. The van der Waals surface area contributed by atoms with Gasteiger partial charge < -0.3 is 5.11 Å². The molecule has 1 aromatic heterocycles. The monoisotopic (exact) mass is 363 g/mol. The minimum atomic E-state index is -1.19. The van der Waals surface area contributed by atoms with Crippen LogP contribution in [0.25, 0.3) is 5.69 Å². The first-order chi connectivity index (χ1) is 11.9. The van der Waals surface area contributed by atoms with E-state index in [2.05, 4.69) is 10.3 Å². The zero-order chi connectivity index (χ0) is 18.1. The summed E-state index contributed by atoms with van der Waals surface area (Å²) in [5, 5.41) is 17.2. The van der Waals surface area contributed by atoms with Gasteiger partial charge in [-0.2, -0.15) is 0 Å². The van der Waals surface area contributed by atoms with E-state index in [1.54, 1.807) is 18.2 Å². The quantitative estimate of drug-likeness (QED) is 0.719. The lowest BCUT2D eigenvalue weighted by Crippen LogP contribution is -2.05. The zero-order valence-corrected chi connectivity index (χ0v) is 13.8. The molecule has 0 radical (unpaired) electrons. The Bertz CT molecular complexity index is 973. The van der Waals surface area contributed by atoms with Gasteiger partial charge in [-0.1, -0.05) is 22.9 Å². The van der Waals surface area contributed by atoms with Crippen molar-refractivity contribution in [2.75, 3.05) is 0 Å². The van der Waals surface area contributed by atoms with Crippen LogP contribution in [-0.4, -0.2) is 25.9 Å². The van der Waals surface area contributed by atoms with E-state index in [9.17, 15) is 18.7 Å². The number of carbonyl (C=O) groups is 1. The average Bonchev–Trinajstić information content (AvgIpc) is 3.06. The summed E-state index contributed by atoms with van der Waals surface area (Å²) in [5.74, 6) is -3.72. The first kappa shape index (κ1) is 17.0. The minimum Gasteiger partial charge on any atom is -0.503 e. The number of aromatic hydroxyl groups is 1. The Morgan fingerprint density at radius 2 is 2.04 bits per heavy atom. The normalized spacial score (nSPS) is 10.9. The van der Waals surface area contributed by atoms with Crippen molar-refractivity contribution in [1.82, 2.24) is 15.0 Å². The molecule has 25 heavy (non-hydrogen) atoms. The van der Waals surface area contributed by atoms with Crippen LogP contribution in [-0.2, 0) is 6.42 Å². The third-order valence-corrected chi connectivity index (χ3v) is 3.97. The predicted octanol–water partition coefficient (Wildman–Crippen LogP) is 3.64. The maximum atomic E-state index is 13.9. The summed E-state index contributed by atoms with van der Waals surface area (Å²) in [6, 6.07) is 7.21. The second kappa shape index (κ2) is 6.60. The summed E-state index contributed by atoms with van der Waals surface area (Å²) in [5.41, 5.74) is 1.45. The lowest BCUT2D eigenvalue weighted by atomic mass is 10.0. The van der Waals surface area contributed by atoms with Crippen molar-refractivity contribution in [3.05, 3.63) is 70.0 Å². The van der Waals surface area contributed by atoms with Crippen molar-refractivity contribution < 1.29 is 18.7 Å². The van der Waals surface area contributed by atoms with Crippen LogP contribution in [0.15, 0.2) is 36.5 Å². The van der Waals surface area contributed by atoms with Crippen LogP contribution in [0, 0.1) is 18.6 Å². The molecule has 0 amide bonds. The van der Waals surface area contributed by atoms with Gasteiger partial charge in [0.05, 0.1) is 6.20 Å². The molecule has 128 valence electrons. The molecule has 1 heterocycles. The summed E-state index contributed by atoms with van der Waals surface area (Å²) in [7, 11) is 0. The topological polar surface area (TPSA) is 68.0 Å². The van der Waals surface area contributed by atoms with Crippen LogP contribution >= 0.6 is 11.6 Å². The van der Waals surface area contributed by atoms with Crippen LogP contribution in [0.3, 0.4) is 0 Å². The summed E-state index contributed by atoms with van der Waals surface area (Å²) in [6.07, 6.45) is 1.28. The SMILES string of the molecule is Cc1ccc(Cl)cc1CC(=O)c1cn(-c2ccc(F)c(O)c2F)nn1. The molecule has 3 aromatic rings. The van der Waals surface area contributed by atoms with Crippen molar-refractivity contribution in [2.45, 2.75) is 13.3 Å². The molecule has 2 aromatic carbocycles. The largest absolute Gasteiger partial charge is 0.503 e. The second-order valence-corrected chi connectivity index (χ2v) is 5.88. The Kier molecular flexibility index (Phi) is 4.50. The number of hydrogen-bond donors (Lipinski definition) is 1. The first-order valence-corrected chi connectivity index (χ1v) is 7.62. The van der Waals surface area contributed by atoms with Gasteiger partial charge in [-0.05, 0) is 42.3 Å². The van der Waals surface area contributed by atoms with E-state index >= 15 is 0 Å². The Hall–Kier alpha value is -2.80. The van der Waals surface area contributed by atoms with E-state index in [0.717, 1.165) is 27.9 Å². The van der Waals surface area contributed by atoms with Gasteiger partial charge >= 0.3 is 0 Å². The number of aryl methyl sites for hydroxylation is 1. The third-order valence-electron chi connectivity index (χ3n) is 3.73. The van der Waals surface area contributed by atoms with E-state index in [1.807, 2.05) is 6.92 Å². The van der Waals surface area contributed by atoms with E-state index in [4.69, 9.17) is 11.6 Å². The third kappa shape index (κ3) is 3.36. The number of halogens is 3. The van der Waals surface area contributed by atoms with Gasteiger partial charge in [-0.25, -0.2) is 13.5 Å². The number of hydrogen-bond acceptors (Lipinski definition) is 4. The van der Waals surface area contributed by atoms with E-state index < -0.39 is 17.4 Å². The average molecular weight is 364 g/mol. The van der Waals surface area contributed by atoms with Crippen molar-refractivity contribution in [3.8, 4) is 11.4 Å². The van der Waals surface area contributed by atoms with Crippen molar-refractivity contribution in [1.29, 1.82) is 0 Å². The zero-order valence-electron chi connectivity index (χ0n) is 13.0. The van der Waals surface area contributed by atoms with Crippen LogP contribution in [0.1, 0.15) is 21.6 Å². The van der Waals surface area contributed by atoms with E-state index in [-0.39, 0.29) is 23.6 Å². The number of rotatable bonds is 4. The van der Waals surface area contributed by atoms with Gasteiger partial charge in [0.1, 0.15) is 11.4 Å². The fourth-order valence-corrected chi connectivity index (χ4v) is 2.51. The first-order valence-electron chi connectivity index (χ1n) is 7.24. The molecule has 0 atom stereocenters. The number of phenols is 1. The predicted molar refractivity (Wildman–Crippen MR) is 87.2 cm³/mol. The summed E-state index contributed by atoms with van der Waals surface area (Å²) < 4.78 is 28.0. The summed E-state index contributed by atoms with van der Waals surface area (Å²) in [6.45, 7) is 1.85. The highest BCUT2D eigenvalue weighted by Crippen LogP contribution is 2.25. The Labute approximate surface area is 146 Å². The van der Waals surface area contributed by atoms with Gasteiger partial charge in [0, 0.05) is 11.4 Å². The molecule has 1 N–H and O–H groups in total. The molecule has 8 heteroatoms. The molecule has 0 aliphatic carbocycles. The van der Waals surface area contributed by atoms with E-state index in [0.29, 0.717) is 5.02 Å². The lowest BCUT2D eigenvalue weighted by molar-refractivity contribution is 0.0988. The van der Waals surface area contributed by atoms with Gasteiger partial charge in [0.25, 0.3) is 0 Å². The van der Waals surface area contributed by atoms with Crippen LogP contribution in [0.2, 0.25) is 5.02 Å². The number of carbonyl (C=O) groups excluding carboxylic acids is 1. The molecular weight excluding hydrogens is 352 g/mol. The van der Waals surface area contributed by atoms with Gasteiger partial charge in [-0.15, -0.1) is 5.10 Å². The molecule has 0 aliphatic heterocycles. The summed E-state index contributed by atoms with van der Waals surface area (Å²) >= 11 is 5.94. The lowest BCUT2D eigenvalue weighted by Gasteiger charge is -2.05. The van der Waals surface area contributed by atoms with Crippen molar-refractivity contribution in [2.24, 2.45) is 0 Å². The molecule has 0 spiro atoms.